The average Bonchev–Trinajstić information content (AvgIpc) is 2.32. The second-order valence-electron chi connectivity index (χ2n) is 2.45. The molecule has 0 aliphatic carbocycles. The van der Waals surface area contributed by atoms with Crippen molar-refractivity contribution in [2.24, 2.45) is 12.8 Å². The average molecular weight is 151 g/mol. The molecule has 1 heterocycles. The molecule has 11 heavy (non-hydrogen) atoms. The molecule has 1 rings (SSSR count). The first-order valence-electron chi connectivity index (χ1n) is 3.63. The molecule has 60 valence electrons. The number of aryl methyl sites for hydroxylation is 1. The summed E-state index contributed by atoms with van der Waals surface area (Å²) >= 11 is 0. The SMILES string of the molecule is C=Cc1cn(C)nc1CCN. The molecule has 3 heteroatoms. The van der Waals surface area contributed by atoms with E-state index in [4.69, 9.17) is 5.73 Å². The van der Waals surface area contributed by atoms with E-state index in [-0.39, 0.29) is 0 Å². The van der Waals surface area contributed by atoms with Gasteiger partial charge in [-0.25, -0.2) is 0 Å². The molecule has 0 atom stereocenters. The Bertz CT molecular complexity index is 250. The van der Waals surface area contributed by atoms with Crippen LogP contribution in [-0.2, 0) is 13.5 Å². The van der Waals surface area contributed by atoms with Crippen LogP contribution < -0.4 is 5.73 Å². The van der Waals surface area contributed by atoms with E-state index in [1.807, 2.05) is 13.2 Å². The molecule has 0 unspecified atom stereocenters. The zero-order valence-electron chi connectivity index (χ0n) is 6.75. The van der Waals surface area contributed by atoms with Crippen molar-refractivity contribution in [3.8, 4) is 0 Å². The van der Waals surface area contributed by atoms with Crippen molar-refractivity contribution in [2.45, 2.75) is 6.42 Å². The molecule has 0 amide bonds. The van der Waals surface area contributed by atoms with Gasteiger partial charge in [-0.3, -0.25) is 4.68 Å². The fraction of sp³-hybridized carbons (Fsp3) is 0.375. The summed E-state index contributed by atoms with van der Waals surface area (Å²) in [6, 6.07) is 0. The second-order valence-corrected chi connectivity index (χ2v) is 2.45. The molecule has 0 spiro atoms. The summed E-state index contributed by atoms with van der Waals surface area (Å²) in [4.78, 5) is 0. The van der Waals surface area contributed by atoms with Crippen molar-refractivity contribution in [3.05, 3.63) is 24.0 Å². The Kier molecular flexibility index (Phi) is 2.44. The third kappa shape index (κ3) is 1.68. The van der Waals surface area contributed by atoms with Crippen molar-refractivity contribution < 1.29 is 0 Å². The van der Waals surface area contributed by atoms with Crippen LogP contribution in [-0.4, -0.2) is 16.3 Å². The van der Waals surface area contributed by atoms with Crippen LogP contribution >= 0.6 is 0 Å². The molecule has 0 saturated heterocycles. The van der Waals surface area contributed by atoms with Crippen LogP contribution in [0, 0.1) is 0 Å². The lowest BCUT2D eigenvalue weighted by Crippen LogP contribution is -2.04. The first kappa shape index (κ1) is 8.01. The van der Waals surface area contributed by atoms with E-state index in [0.717, 1.165) is 17.7 Å². The highest BCUT2D eigenvalue weighted by Gasteiger charge is 2.01. The van der Waals surface area contributed by atoms with Crippen LogP contribution in [0.2, 0.25) is 0 Å². The van der Waals surface area contributed by atoms with Crippen LogP contribution in [0.1, 0.15) is 11.3 Å². The first-order valence-corrected chi connectivity index (χ1v) is 3.63. The molecule has 2 N–H and O–H groups in total. The summed E-state index contributed by atoms with van der Waals surface area (Å²) < 4.78 is 1.78. The summed E-state index contributed by atoms with van der Waals surface area (Å²) in [5, 5.41) is 4.24. The minimum atomic E-state index is 0.637. The van der Waals surface area contributed by atoms with Gasteiger partial charge in [0.2, 0.25) is 0 Å². The van der Waals surface area contributed by atoms with Crippen LogP contribution in [0.3, 0.4) is 0 Å². The molecule has 0 fully saturated rings. The van der Waals surface area contributed by atoms with Gasteiger partial charge in [0.1, 0.15) is 0 Å². The summed E-state index contributed by atoms with van der Waals surface area (Å²) in [6.45, 7) is 4.33. The predicted molar refractivity (Wildman–Crippen MR) is 46.1 cm³/mol. The molecule has 0 bridgehead atoms. The van der Waals surface area contributed by atoms with Crippen molar-refractivity contribution in [1.82, 2.24) is 9.78 Å². The zero-order valence-corrected chi connectivity index (χ0v) is 6.75. The Balaban J connectivity index is 2.92. The Labute approximate surface area is 66.5 Å². The standard InChI is InChI=1S/C8H13N3/c1-3-7-6-11(2)10-8(7)4-5-9/h3,6H,1,4-5,9H2,2H3. The van der Waals surface area contributed by atoms with Gasteiger partial charge in [0, 0.05) is 25.2 Å². The lowest BCUT2D eigenvalue weighted by atomic mass is 10.2. The van der Waals surface area contributed by atoms with Crippen LogP contribution in [0.5, 0.6) is 0 Å². The molecule has 0 aliphatic heterocycles. The van der Waals surface area contributed by atoms with Gasteiger partial charge >= 0.3 is 0 Å². The number of rotatable bonds is 3. The number of hydrogen-bond acceptors (Lipinski definition) is 2. The van der Waals surface area contributed by atoms with Crippen molar-refractivity contribution in [2.75, 3.05) is 6.54 Å². The minimum absolute atomic E-state index is 0.637. The highest BCUT2D eigenvalue weighted by Crippen LogP contribution is 2.07. The monoisotopic (exact) mass is 151 g/mol. The first-order chi connectivity index (χ1) is 5.27. The van der Waals surface area contributed by atoms with Crippen LogP contribution in [0.15, 0.2) is 12.8 Å². The molecule has 3 nitrogen and oxygen atoms in total. The third-order valence-electron chi connectivity index (χ3n) is 1.54. The predicted octanol–water partition coefficient (Wildman–Crippen LogP) is 0.564. The molecule has 0 radical (unpaired) electrons. The van der Waals surface area contributed by atoms with Gasteiger partial charge in [-0.1, -0.05) is 12.7 Å². The van der Waals surface area contributed by atoms with Gasteiger partial charge in [0.25, 0.3) is 0 Å². The maximum Gasteiger partial charge on any atom is 0.0709 e. The maximum absolute atomic E-state index is 5.41. The second kappa shape index (κ2) is 3.34. The Morgan fingerprint density at radius 3 is 3.09 bits per heavy atom. The largest absolute Gasteiger partial charge is 0.330 e. The quantitative estimate of drug-likeness (QED) is 0.686. The molecule has 1 aromatic rings. The molecule has 0 saturated carbocycles. The number of hydrogen-bond donors (Lipinski definition) is 1. The highest BCUT2D eigenvalue weighted by atomic mass is 15.2. The summed E-state index contributed by atoms with van der Waals surface area (Å²) in [5.41, 5.74) is 7.52. The van der Waals surface area contributed by atoms with Crippen LogP contribution in [0.25, 0.3) is 6.08 Å². The van der Waals surface area contributed by atoms with E-state index < -0.39 is 0 Å². The van der Waals surface area contributed by atoms with Crippen LogP contribution in [0.4, 0.5) is 0 Å². The molecule has 0 aliphatic rings. The van der Waals surface area contributed by atoms with E-state index in [2.05, 4.69) is 11.7 Å². The van der Waals surface area contributed by atoms with Crippen molar-refractivity contribution in [1.29, 1.82) is 0 Å². The highest BCUT2D eigenvalue weighted by molar-refractivity contribution is 5.48. The molecular weight excluding hydrogens is 138 g/mol. The number of aromatic nitrogens is 2. The summed E-state index contributed by atoms with van der Waals surface area (Å²) in [5.74, 6) is 0. The topological polar surface area (TPSA) is 43.8 Å². The van der Waals surface area contributed by atoms with Crippen molar-refractivity contribution >= 4 is 6.08 Å². The summed E-state index contributed by atoms with van der Waals surface area (Å²) in [7, 11) is 1.90. The normalized spacial score (nSPS) is 10.0. The van der Waals surface area contributed by atoms with Gasteiger partial charge < -0.3 is 5.73 Å². The Morgan fingerprint density at radius 2 is 2.55 bits per heavy atom. The summed E-state index contributed by atoms with van der Waals surface area (Å²) in [6.07, 6.45) is 4.57. The van der Waals surface area contributed by atoms with Crippen molar-refractivity contribution in [3.63, 3.8) is 0 Å². The fourth-order valence-electron chi connectivity index (χ4n) is 1.05. The number of nitrogens with two attached hydrogens (primary N) is 1. The van der Waals surface area contributed by atoms with Gasteiger partial charge in [-0.2, -0.15) is 5.10 Å². The smallest absolute Gasteiger partial charge is 0.0709 e. The van der Waals surface area contributed by atoms with E-state index in [0.29, 0.717) is 6.54 Å². The van der Waals surface area contributed by atoms with Gasteiger partial charge in [0.05, 0.1) is 5.69 Å². The lowest BCUT2D eigenvalue weighted by molar-refractivity contribution is 0.739. The van der Waals surface area contributed by atoms with Gasteiger partial charge in [-0.05, 0) is 6.54 Å². The lowest BCUT2D eigenvalue weighted by Gasteiger charge is -1.91. The van der Waals surface area contributed by atoms with Gasteiger partial charge in [-0.15, -0.1) is 0 Å². The van der Waals surface area contributed by atoms with E-state index in [9.17, 15) is 0 Å². The third-order valence-corrected chi connectivity index (χ3v) is 1.54. The number of nitrogens with zero attached hydrogens (tertiary/aromatic N) is 2. The Morgan fingerprint density at radius 1 is 1.82 bits per heavy atom. The minimum Gasteiger partial charge on any atom is -0.330 e. The van der Waals surface area contributed by atoms with E-state index in [1.54, 1.807) is 10.8 Å². The Hall–Kier alpha value is -1.09. The molecule has 0 aromatic carbocycles. The van der Waals surface area contributed by atoms with Gasteiger partial charge in [0.15, 0.2) is 0 Å². The fourth-order valence-corrected chi connectivity index (χ4v) is 1.05. The van der Waals surface area contributed by atoms with E-state index >= 15 is 0 Å². The molecular formula is C8H13N3. The van der Waals surface area contributed by atoms with E-state index in [1.165, 1.54) is 0 Å². The molecule has 1 aromatic heterocycles. The maximum atomic E-state index is 5.41. The zero-order chi connectivity index (χ0) is 8.27.